The van der Waals surface area contributed by atoms with Gasteiger partial charge in [0.2, 0.25) is 5.91 Å². The van der Waals surface area contributed by atoms with Gasteiger partial charge in [-0.2, -0.15) is 8.42 Å². The number of Topliss-reactive ketones (excluding diaryl/α,β-unsaturated/α-hetero) is 1. The highest BCUT2D eigenvalue weighted by molar-refractivity contribution is 7.87. The lowest BCUT2D eigenvalue weighted by molar-refractivity contribution is -0.147. The first-order chi connectivity index (χ1) is 16.2. The summed E-state index contributed by atoms with van der Waals surface area (Å²) < 4.78 is 40.7. The smallest absolute Gasteiger partial charge is 0.341 e. The van der Waals surface area contributed by atoms with Crippen molar-refractivity contribution >= 4 is 33.5 Å². The first-order valence-electron chi connectivity index (χ1n) is 10.8. The van der Waals surface area contributed by atoms with Crippen LogP contribution in [0.15, 0.2) is 59.5 Å². The van der Waals surface area contributed by atoms with Gasteiger partial charge in [0.25, 0.3) is 0 Å². The molecule has 0 spiro atoms. The fraction of sp³-hybridized carbons (Fsp3) is 0.400. The highest BCUT2D eigenvalue weighted by atomic mass is 32.2. The van der Waals surface area contributed by atoms with Gasteiger partial charge in [0, 0.05) is 26.6 Å². The maximum atomic E-state index is 12.7. The minimum absolute atomic E-state index is 0. The predicted molar refractivity (Wildman–Crippen MR) is 134 cm³/mol. The molecule has 1 amide bonds. The van der Waals surface area contributed by atoms with E-state index < -0.39 is 27.9 Å². The molecule has 1 unspecified atom stereocenters. The standard InChI is InChI=1S/C24H29NO8S.CH4.FH/c1-18(26)19(17-32-24(28)14-8-9-15-31-2)16-23(27)25-21-12-6-7-13-22(21)34(29,30)33-20-10-4-3-5-11-20;;/h3-7,10-13,19H,8-9,14-17H2,1-2H3,(H,25,27);1H4;1H. The monoisotopic (exact) mass is 527 g/mol. The molecule has 0 aliphatic carbocycles. The summed E-state index contributed by atoms with van der Waals surface area (Å²) in [6, 6.07) is 13.8. The van der Waals surface area contributed by atoms with Crippen LogP contribution in [0.5, 0.6) is 5.75 Å². The molecule has 36 heavy (non-hydrogen) atoms. The average molecular weight is 528 g/mol. The molecule has 2 aromatic rings. The predicted octanol–water partition coefficient (Wildman–Crippen LogP) is 4.14. The van der Waals surface area contributed by atoms with Crippen molar-refractivity contribution in [2.75, 3.05) is 25.6 Å². The Morgan fingerprint density at radius 1 is 0.972 bits per heavy atom. The molecule has 200 valence electrons. The van der Waals surface area contributed by atoms with Crippen molar-refractivity contribution in [2.24, 2.45) is 5.92 Å². The van der Waals surface area contributed by atoms with Crippen molar-refractivity contribution in [3.63, 3.8) is 0 Å². The van der Waals surface area contributed by atoms with Gasteiger partial charge in [-0.15, -0.1) is 0 Å². The Balaban J connectivity index is 0.00000612. The quantitative estimate of drug-likeness (QED) is 0.221. The Morgan fingerprint density at radius 3 is 2.25 bits per heavy atom. The number of ether oxygens (including phenoxy) is 2. The highest BCUT2D eigenvalue weighted by Gasteiger charge is 2.24. The second-order valence-corrected chi connectivity index (χ2v) is 9.05. The minimum atomic E-state index is -4.23. The third-order valence-corrected chi connectivity index (χ3v) is 6.12. The number of ketones is 1. The van der Waals surface area contributed by atoms with Gasteiger partial charge in [0.15, 0.2) is 0 Å². The summed E-state index contributed by atoms with van der Waals surface area (Å²) in [7, 11) is -2.65. The number of carbonyl (C=O) groups excluding carboxylic acids is 3. The molecule has 0 aromatic heterocycles. The summed E-state index contributed by atoms with van der Waals surface area (Å²) in [5, 5.41) is 2.52. The lowest BCUT2D eigenvalue weighted by Gasteiger charge is -2.16. The Morgan fingerprint density at radius 2 is 1.61 bits per heavy atom. The molecular weight excluding hydrogens is 493 g/mol. The number of amides is 1. The largest absolute Gasteiger partial charge is 0.465 e. The van der Waals surface area contributed by atoms with Gasteiger partial charge >= 0.3 is 16.1 Å². The maximum Gasteiger partial charge on any atom is 0.341 e. The zero-order valence-electron chi connectivity index (χ0n) is 19.6. The topological polar surface area (TPSA) is 125 Å². The van der Waals surface area contributed by atoms with E-state index in [0.29, 0.717) is 19.4 Å². The molecular formula is C25H34FNO8S. The Hall–Kier alpha value is -3.31. The van der Waals surface area contributed by atoms with Crippen LogP contribution in [0.4, 0.5) is 10.4 Å². The summed E-state index contributed by atoms with van der Waals surface area (Å²) in [6.07, 6.45) is 1.21. The third kappa shape index (κ3) is 11.0. The number of unbranched alkanes of at least 4 members (excludes halogenated alkanes) is 1. The van der Waals surface area contributed by atoms with Crippen molar-refractivity contribution in [2.45, 2.75) is 44.9 Å². The van der Waals surface area contributed by atoms with Gasteiger partial charge < -0.3 is 19.0 Å². The van der Waals surface area contributed by atoms with Crippen LogP contribution in [0.1, 0.15) is 40.0 Å². The number of benzene rings is 2. The number of carbonyl (C=O) groups is 3. The SMILES string of the molecule is C.COCCCCC(=O)OCC(CC(=O)Nc1ccccc1S(=O)(=O)Oc1ccccc1)C(C)=O.F. The number of para-hydroxylation sites is 2. The number of methoxy groups -OCH3 is 1. The Labute approximate surface area is 211 Å². The van der Waals surface area contributed by atoms with Crippen LogP contribution in [-0.4, -0.2) is 46.4 Å². The maximum absolute atomic E-state index is 12.7. The van der Waals surface area contributed by atoms with E-state index in [-0.39, 0.29) is 53.7 Å². The molecule has 2 aromatic carbocycles. The van der Waals surface area contributed by atoms with Crippen LogP contribution in [0.2, 0.25) is 0 Å². The van der Waals surface area contributed by atoms with Crippen molar-refractivity contribution in [3.05, 3.63) is 54.6 Å². The first kappa shape index (κ1) is 32.7. The van der Waals surface area contributed by atoms with Crippen LogP contribution in [0.25, 0.3) is 0 Å². The fourth-order valence-electron chi connectivity index (χ4n) is 2.96. The molecule has 1 N–H and O–H groups in total. The molecule has 0 fully saturated rings. The van der Waals surface area contributed by atoms with E-state index in [1.165, 1.54) is 37.3 Å². The summed E-state index contributed by atoms with van der Waals surface area (Å²) in [5.74, 6) is -2.11. The number of halogens is 1. The molecule has 0 aliphatic heterocycles. The number of hydrogen-bond donors (Lipinski definition) is 1. The summed E-state index contributed by atoms with van der Waals surface area (Å²) >= 11 is 0. The Bertz CT molecular complexity index is 1080. The van der Waals surface area contributed by atoms with E-state index in [2.05, 4.69) is 5.32 Å². The van der Waals surface area contributed by atoms with Crippen molar-refractivity contribution in [1.82, 2.24) is 0 Å². The zero-order chi connectivity index (χ0) is 25.0. The van der Waals surface area contributed by atoms with Gasteiger partial charge in [0.05, 0.1) is 11.6 Å². The first-order valence-corrected chi connectivity index (χ1v) is 12.2. The molecule has 0 heterocycles. The summed E-state index contributed by atoms with van der Waals surface area (Å²) in [5.41, 5.74) is 0.0147. The van der Waals surface area contributed by atoms with Crippen LogP contribution in [0.3, 0.4) is 0 Å². The molecule has 9 nitrogen and oxygen atoms in total. The zero-order valence-corrected chi connectivity index (χ0v) is 20.4. The van der Waals surface area contributed by atoms with Gasteiger partial charge in [-0.1, -0.05) is 37.8 Å². The van der Waals surface area contributed by atoms with Gasteiger partial charge in [-0.25, -0.2) is 0 Å². The molecule has 2 rings (SSSR count). The molecule has 0 radical (unpaired) electrons. The number of esters is 1. The van der Waals surface area contributed by atoms with Crippen LogP contribution in [0, 0.1) is 5.92 Å². The van der Waals surface area contributed by atoms with E-state index in [1.54, 1.807) is 31.4 Å². The van der Waals surface area contributed by atoms with Crippen molar-refractivity contribution in [1.29, 1.82) is 0 Å². The van der Waals surface area contributed by atoms with Crippen molar-refractivity contribution < 1.29 is 41.2 Å². The molecule has 0 saturated heterocycles. The highest BCUT2D eigenvalue weighted by Crippen LogP contribution is 2.25. The van der Waals surface area contributed by atoms with Gasteiger partial charge in [-0.3, -0.25) is 19.1 Å². The minimum Gasteiger partial charge on any atom is -0.465 e. The molecule has 1 atom stereocenters. The van der Waals surface area contributed by atoms with E-state index in [9.17, 15) is 22.8 Å². The summed E-state index contributed by atoms with van der Waals surface area (Å²) in [4.78, 5) is 36.2. The molecule has 0 saturated carbocycles. The van der Waals surface area contributed by atoms with Crippen LogP contribution in [-0.2, 0) is 34.0 Å². The van der Waals surface area contributed by atoms with E-state index >= 15 is 0 Å². The number of anilines is 1. The van der Waals surface area contributed by atoms with Crippen LogP contribution < -0.4 is 9.50 Å². The van der Waals surface area contributed by atoms with E-state index in [0.717, 1.165) is 0 Å². The van der Waals surface area contributed by atoms with Gasteiger partial charge in [-0.05, 0) is 44.0 Å². The second kappa shape index (κ2) is 16.4. The number of rotatable bonds is 14. The van der Waals surface area contributed by atoms with E-state index in [1.807, 2.05) is 0 Å². The lowest BCUT2D eigenvalue weighted by Crippen LogP contribution is -2.26. The summed E-state index contributed by atoms with van der Waals surface area (Å²) in [6.45, 7) is 1.61. The molecule has 0 aliphatic rings. The number of nitrogens with one attached hydrogen (secondary N) is 1. The average Bonchev–Trinajstić information content (AvgIpc) is 2.80. The third-order valence-electron chi connectivity index (χ3n) is 4.81. The Kier molecular flexibility index (Phi) is 14.9. The second-order valence-electron chi connectivity index (χ2n) is 7.54. The van der Waals surface area contributed by atoms with E-state index in [4.69, 9.17) is 13.7 Å². The molecule has 0 bridgehead atoms. The number of hydrogen-bond acceptors (Lipinski definition) is 8. The van der Waals surface area contributed by atoms with Crippen LogP contribution >= 0.6 is 0 Å². The fourth-order valence-corrected chi connectivity index (χ4v) is 4.05. The molecule has 11 heteroatoms. The van der Waals surface area contributed by atoms with Gasteiger partial charge in [0.1, 0.15) is 23.0 Å². The lowest BCUT2D eigenvalue weighted by atomic mass is 10.0. The van der Waals surface area contributed by atoms with Crippen molar-refractivity contribution in [3.8, 4) is 5.75 Å². The normalized spacial score (nSPS) is 11.3.